The molecule has 1 aromatic carbocycles. The van der Waals surface area contributed by atoms with E-state index in [1.807, 2.05) is 0 Å². The third-order valence-corrected chi connectivity index (χ3v) is 4.44. The summed E-state index contributed by atoms with van der Waals surface area (Å²) in [7, 11) is -4.80. The van der Waals surface area contributed by atoms with E-state index in [9.17, 15) is 26.7 Å². The molecular formula is C13H13FN2O6S. The van der Waals surface area contributed by atoms with Crippen LogP contribution in [0.1, 0.15) is 16.8 Å². The van der Waals surface area contributed by atoms with Gasteiger partial charge in [-0.05, 0) is 24.3 Å². The van der Waals surface area contributed by atoms with Gasteiger partial charge >= 0.3 is 16.2 Å². The zero-order valence-electron chi connectivity index (χ0n) is 11.7. The summed E-state index contributed by atoms with van der Waals surface area (Å²) in [6.07, 6.45) is -0.431. The molecule has 124 valence electrons. The average Bonchev–Trinajstić information content (AvgIpc) is 2.87. The van der Waals surface area contributed by atoms with Gasteiger partial charge in [0, 0.05) is 24.2 Å². The number of nitrogens with zero attached hydrogens (tertiary/aromatic N) is 1. The topological polar surface area (TPSA) is 121 Å². The van der Waals surface area contributed by atoms with Crippen molar-refractivity contribution in [1.29, 1.82) is 0 Å². The highest BCUT2D eigenvalue weighted by atomic mass is 32.3. The molecule has 1 unspecified atom stereocenters. The molecule has 1 fully saturated rings. The van der Waals surface area contributed by atoms with Crippen molar-refractivity contribution in [3.63, 3.8) is 0 Å². The van der Waals surface area contributed by atoms with E-state index in [0.29, 0.717) is 5.69 Å². The van der Waals surface area contributed by atoms with Crippen molar-refractivity contribution in [2.24, 2.45) is 0 Å². The second-order valence-electron chi connectivity index (χ2n) is 4.93. The summed E-state index contributed by atoms with van der Waals surface area (Å²) in [5.74, 6) is -2.31. The van der Waals surface area contributed by atoms with Gasteiger partial charge in [0.25, 0.3) is 5.91 Å². The molecule has 0 aromatic heterocycles. The van der Waals surface area contributed by atoms with Crippen LogP contribution in [-0.4, -0.2) is 49.6 Å². The van der Waals surface area contributed by atoms with E-state index in [-0.39, 0.29) is 12.1 Å². The molecule has 1 aliphatic rings. The van der Waals surface area contributed by atoms with E-state index < -0.39 is 46.2 Å². The molecule has 0 radical (unpaired) electrons. The van der Waals surface area contributed by atoms with Gasteiger partial charge in [0.1, 0.15) is 11.8 Å². The van der Waals surface area contributed by atoms with Gasteiger partial charge in [-0.15, -0.1) is 3.89 Å². The van der Waals surface area contributed by atoms with Gasteiger partial charge < -0.3 is 15.3 Å². The van der Waals surface area contributed by atoms with Crippen LogP contribution in [0.4, 0.5) is 9.57 Å². The number of carboxylic acids is 1. The second kappa shape index (κ2) is 6.32. The highest BCUT2D eigenvalue weighted by molar-refractivity contribution is 7.87. The number of nitrogens with one attached hydrogen (secondary N) is 1. The fourth-order valence-corrected chi connectivity index (χ4v) is 2.83. The zero-order valence-corrected chi connectivity index (χ0v) is 12.5. The minimum atomic E-state index is -4.80. The second-order valence-corrected chi connectivity index (χ2v) is 6.55. The molecule has 0 bridgehead atoms. The van der Waals surface area contributed by atoms with E-state index >= 15 is 0 Å². The first-order valence-corrected chi connectivity index (χ1v) is 7.97. The summed E-state index contributed by atoms with van der Waals surface area (Å²) in [5.41, 5.74) is 0.507. The smallest absolute Gasteiger partial charge is 0.322 e. The molecule has 8 nitrogen and oxygen atoms in total. The molecule has 23 heavy (non-hydrogen) atoms. The monoisotopic (exact) mass is 344 g/mol. The van der Waals surface area contributed by atoms with Crippen molar-refractivity contribution >= 4 is 33.7 Å². The molecule has 2 N–H and O–H groups in total. The number of aliphatic carboxylic acids is 1. The maximum atomic E-state index is 13.0. The lowest BCUT2D eigenvalue weighted by Crippen LogP contribution is -2.29. The standard InChI is InChI=1S/C13H13FN2O6S/c14-23(21,22)10-5-11(17)16(7-10)9-3-1-8(2-4-9)13(20)15-6-12(18)19/h1-4,10H,5-7H2,(H,15,20)(H,18,19). The summed E-state index contributed by atoms with van der Waals surface area (Å²) in [4.78, 5) is 34.9. The van der Waals surface area contributed by atoms with Crippen LogP contribution in [0.15, 0.2) is 24.3 Å². The van der Waals surface area contributed by atoms with Gasteiger partial charge in [0.15, 0.2) is 0 Å². The van der Waals surface area contributed by atoms with Crippen LogP contribution in [0.25, 0.3) is 0 Å². The minimum Gasteiger partial charge on any atom is -0.480 e. The molecule has 1 saturated heterocycles. The number of anilines is 1. The van der Waals surface area contributed by atoms with Gasteiger partial charge in [-0.25, -0.2) is 0 Å². The Balaban J connectivity index is 2.09. The fraction of sp³-hybridized carbons (Fsp3) is 0.308. The van der Waals surface area contributed by atoms with Crippen LogP contribution in [0, 0.1) is 0 Å². The quantitative estimate of drug-likeness (QED) is 0.720. The van der Waals surface area contributed by atoms with E-state index in [2.05, 4.69) is 5.32 Å². The van der Waals surface area contributed by atoms with Crippen LogP contribution < -0.4 is 10.2 Å². The summed E-state index contributed by atoms with van der Waals surface area (Å²) in [5, 5.41) is 9.26. The molecule has 0 aliphatic carbocycles. The van der Waals surface area contributed by atoms with Crippen LogP contribution in [0.5, 0.6) is 0 Å². The van der Waals surface area contributed by atoms with Crippen molar-refractivity contribution in [3.8, 4) is 0 Å². The summed E-state index contributed by atoms with van der Waals surface area (Å²) in [6, 6.07) is 5.52. The number of hydrogen-bond donors (Lipinski definition) is 2. The lowest BCUT2D eigenvalue weighted by atomic mass is 10.2. The van der Waals surface area contributed by atoms with Crippen molar-refractivity contribution in [2.45, 2.75) is 11.7 Å². The Bertz CT molecular complexity index is 746. The molecular weight excluding hydrogens is 331 g/mol. The Morgan fingerprint density at radius 1 is 1.30 bits per heavy atom. The van der Waals surface area contributed by atoms with Crippen LogP contribution in [0.3, 0.4) is 0 Å². The van der Waals surface area contributed by atoms with Crippen LogP contribution >= 0.6 is 0 Å². The molecule has 2 rings (SSSR count). The predicted octanol–water partition coefficient (Wildman–Crippen LogP) is -0.0944. The molecule has 1 heterocycles. The van der Waals surface area contributed by atoms with E-state index in [1.54, 1.807) is 0 Å². The molecule has 1 aliphatic heterocycles. The number of hydrogen-bond acceptors (Lipinski definition) is 5. The van der Waals surface area contributed by atoms with Gasteiger partial charge in [0.2, 0.25) is 5.91 Å². The van der Waals surface area contributed by atoms with Crippen molar-refractivity contribution in [2.75, 3.05) is 18.0 Å². The molecule has 1 aromatic rings. The lowest BCUT2D eigenvalue weighted by Gasteiger charge is -2.16. The molecule has 0 saturated carbocycles. The van der Waals surface area contributed by atoms with Crippen molar-refractivity contribution < 1.29 is 31.8 Å². The average molecular weight is 344 g/mol. The third-order valence-electron chi connectivity index (χ3n) is 3.33. The fourth-order valence-electron chi connectivity index (χ4n) is 2.16. The number of benzene rings is 1. The van der Waals surface area contributed by atoms with Crippen LogP contribution in [0.2, 0.25) is 0 Å². The van der Waals surface area contributed by atoms with Gasteiger partial charge in [0.05, 0.1) is 0 Å². The zero-order chi connectivity index (χ0) is 17.2. The van der Waals surface area contributed by atoms with E-state index in [0.717, 1.165) is 4.90 Å². The highest BCUT2D eigenvalue weighted by Crippen LogP contribution is 2.26. The molecule has 0 spiro atoms. The maximum Gasteiger partial charge on any atom is 0.322 e. The number of rotatable bonds is 5. The first-order chi connectivity index (χ1) is 10.7. The third kappa shape index (κ3) is 4.03. The number of halogens is 1. The SMILES string of the molecule is O=C(O)CNC(=O)c1ccc(N2CC(S(=O)(=O)F)CC2=O)cc1. The van der Waals surface area contributed by atoms with Gasteiger partial charge in [-0.2, -0.15) is 8.42 Å². The Morgan fingerprint density at radius 3 is 2.39 bits per heavy atom. The summed E-state index contributed by atoms with van der Waals surface area (Å²) in [6.45, 7) is -0.816. The summed E-state index contributed by atoms with van der Waals surface area (Å²) < 4.78 is 34.7. The van der Waals surface area contributed by atoms with Gasteiger partial charge in [-0.1, -0.05) is 0 Å². The first kappa shape index (κ1) is 16.9. The maximum absolute atomic E-state index is 13.0. The first-order valence-electron chi connectivity index (χ1n) is 6.52. The van der Waals surface area contributed by atoms with Crippen molar-refractivity contribution in [3.05, 3.63) is 29.8 Å². The van der Waals surface area contributed by atoms with E-state index in [1.165, 1.54) is 24.3 Å². The summed E-state index contributed by atoms with van der Waals surface area (Å²) >= 11 is 0. The largest absolute Gasteiger partial charge is 0.480 e. The lowest BCUT2D eigenvalue weighted by molar-refractivity contribution is -0.135. The van der Waals surface area contributed by atoms with Gasteiger partial charge in [-0.3, -0.25) is 14.4 Å². The predicted molar refractivity (Wildman–Crippen MR) is 77.2 cm³/mol. The number of carboxylic acid groups (broad SMARTS) is 1. The Labute approximate surface area is 131 Å². The highest BCUT2D eigenvalue weighted by Gasteiger charge is 2.39. The normalized spacial score (nSPS) is 18.0. The minimum absolute atomic E-state index is 0.177. The van der Waals surface area contributed by atoms with Crippen LogP contribution in [-0.2, 0) is 19.8 Å². The molecule has 1 atom stereocenters. The molecule has 10 heteroatoms. The molecule has 2 amide bonds. The Morgan fingerprint density at radius 2 is 1.91 bits per heavy atom. The number of carbonyl (C=O) groups is 3. The van der Waals surface area contributed by atoms with E-state index in [4.69, 9.17) is 5.11 Å². The number of amides is 2. The Hall–Kier alpha value is -2.49. The Kier molecular flexibility index (Phi) is 4.64. The number of carbonyl (C=O) groups excluding carboxylic acids is 2. The van der Waals surface area contributed by atoms with Crippen molar-refractivity contribution in [1.82, 2.24) is 5.32 Å².